The molecule has 0 fully saturated rings. The lowest BCUT2D eigenvalue weighted by Gasteiger charge is -2.18. The van der Waals surface area contributed by atoms with Crippen molar-refractivity contribution in [2.24, 2.45) is 0 Å². The van der Waals surface area contributed by atoms with E-state index in [0.717, 1.165) is 0 Å². The van der Waals surface area contributed by atoms with E-state index in [1.165, 1.54) is 30.3 Å². The highest BCUT2D eigenvalue weighted by Crippen LogP contribution is 2.29. The van der Waals surface area contributed by atoms with Crippen molar-refractivity contribution >= 4 is 21.6 Å². The number of hydrogen-bond acceptors (Lipinski definition) is 1. The molecule has 2 aromatic carbocycles. The maximum absolute atomic E-state index is 13.9. The minimum Gasteiger partial charge on any atom is -0.376 e. The highest BCUT2D eigenvalue weighted by Gasteiger charge is 2.31. The van der Waals surface area contributed by atoms with Gasteiger partial charge in [0.25, 0.3) is 5.92 Å². The molecule has 0 aliphatic carbocycles. The first-order valence-corrected chi connectivity index (χ1v) is 6.40. The molecule has 0 aromatic heterocycles. The number of alkyl halides is 2. The van der Waals surface area contributed by atoms with Gasteiger partial charge in [0.15, 0.2) is 0 Å². The summed E-state index contributed by atoms with van der Waals surface area (Å²) in [7, 11) is 0. The summed E-state index contributed by atoms with van der Waals surface area (Å²) < 4.78 is 41.8. The third kappa shape index (κ3) is 3.50. The normalized spacial score (nSPS) is 11.4. The van der Waals surface area contributed by atoms with Gasteiger partial charge in [-0.25, -0.2) is 4.39 Å². The second-order valence-electron chi connectivity index (χ2n) is 4.05. The minimum atomic E-state index is -3.06. The van der Waals surface area contributed by atoms with Crippen LogP contribution in [-0.4, -0.2) is 6.54 Å². The molecule has 0 spiro atoms. The predicted molar refractivity (Wildman–Crippen MR) is 72.9 cm³/mol. The van der Waals surface area contributed by atoms with Gasteiger partial charge in [-0.15, -0.1) is 0 Å². The number of hydrogen-bond donors (Lipinski definition) is 1. The van der Waals surface area contributed by atoms with E-state index in [4.69, 9.17) is 0 Å². The van der Waals surface area contributed by atoms with Gasteiger partial charge in [0.05, 0.1) is 12.2 Å². The van der Waals surface area contributed by atoms with E-state index in [1.807, 2.05) is 0 Å². The SMILES string of the molecule is Fc1ccc(Br)cc1NCC(F)(F)c1ccccc1. The highest BCUT2D eigenvalue weighted by molar-refractivity contribution is 9.10. The summed E-state index contributed by atoms with van der Waals surface area (Å²) in [5.41, 5.74) is -0.0529. The molecule has 0 aliphatic rings. The van der Waals surface area contributed by atoms with Gasteiger partial charge in [0.2, 0.25) is 0 Å². The Labute approximate surface area is 117 Å². The largest absolute Gasteiger partial charge is 0.376 e. The summed E-state index contributed by atoms with van der Waals surface area (Å²) in [6, 6.07) is 11.6. The quantitative estimate of drug-likeness (QED) is 0.850. The molecular formula is C14H11BrF3N. The van der Waals surface area contributed by atoms with Crippen LogP contribution < -0.4 is 5.32 Å². The molecule has 0 atom stereocenters. The van der Waals surface area contributed by atoms with E-state index in [9.17, 15) is 13.2 Å². The summed E-state index contributed by atoms with van der Waals surface area (Å²) in [6.07, 6.45) is 0. The molecule has 1 nitrogen and oxygen atoms in total. The lowest BCUT2D eigenvalue weighted by molar-refractivity contribution is 0.0106. The predicted octanol–water partition coefficient (Wildman–Crippen LogP) is 4.79. The number of halogens is 4. The van der Waals surface area contributed by atoms with Crippen LogP contribution in [0.15, 0.2) is 53.0 Å². The molecule has 100 valence electrons. The molecule has 0 bridgehead atoms. The molecule has 0 aliphatic heterocycles. The zero-order chi connectivity index (χ0) is 13.9. The van der Waals surface area contributed by atoms with E-state index in [2.05, 4.69) is 21.2 Å². The highest BCUT2D eigenvalue weighted by atomic mass is 79.9. The van der Waals surface area contributed by atoms with Crippen molar-refractivity contribution in [1.82, 2.24) is 0 Å². The Bertz CT molecular complexity index is 558. The van der Waals surface area contributed by atoms with E-state index >= 15 is 0 Å². The Morgan fingerprint density at radius 1 is 1.05 bits per heavy atom. The maximum Gasteiger partial charge on any atom is 0.290 e. The van der Waals surface area contributed by atoms with E-state index in [0.29, 0.717) is 4.47 Å². The van der Waals surface area contributed by atoms with Crippen LogP contribution in [-0.2, 0) is 5.92 Å². The molecule has 0 unspecified atom stereocenters. The minimum absolute atomic E-state index is 0.0463. The second-order valence-corrected chi connectivity index (χ2v) is 4.96. The Hall–Kier alpha value is -1.49. The molecular weight excluding hydrogens is 319 g/mol. The van der Waals surface area contributed by atoms with Crippen LogP contribution >= 0.6 is 15.9 Å². The van der Waals surface area contributed by atoms with E-state index in [-0.39, 0.29) is 11.3 Å². The molecule has 2 rings (SSSR count). The van der Waals surface area contributed by atoms with Crippen molar-refractivity contribution in [2.45, 2.75) is 5.92 Å². The third-order valence-electron chi connectivity index (χ3n) is 2.63. The zero-order valence-corrected chi connectivity index (χ0v) is 11.4. The molecule has 19 heavy (non-hydrogen) atoms. The first kappa shape index (κ1) is 13.9. The van der Waals surface area contributed by atoms with Gasteiger partial charge in [-0.2, -0.15) is 8.78 Å². The van der Waals surface area contributed by atoms with Crippen molar-refractivity contribution in [2.75, 3.05) is 11.9 Å². The summed E-state index contributed by atoms with van der Waals surface area (Å²) in [5, 5.41) is 2.44. The van der Waals surface area contributed by atoms with Crippen LogP contribution in [0.25, 0.3) is 0 Å². The molecule has 0 saturated heterocycles. The Kier molecular flexibility index (Phi) is 4.14. The summed E-state index contributed by atoms with van der Waals surface area (Å²) >= 11 is 3.17. The number of benzene rings is 2. The lowest BCUT2D eigenvalue weighted by atomic mass is 10.1. The lowest BCUT2D eigenvalue weighted by Crippen LogP contribution is -2.25. The summed E-state index contributed by atoms with van der Waals surface area (Å²) in [6.45, 7) is -0.662. The molecule has 0 amide bonds. The van der Waals surface area contributed by atoms with Crippen LogP contribution in [0.1, 0.15) is 5.56 Å². The smallest absolute Gasteiger partial charge is 0.290 e. The second kappa shape index (κ2) is 5.65. The van der Waals surface area contributed by atoms with Crippen molar-refractivity contribution in [3.63, 3.8) is 0 Å². The van der Waals surface area contributed by atoms with Crippen LogP contribution in [0.5, 0.6) is 0 Å². The molecule has 0 radical (unpaired) electrons. The fourth-order valence-electron chi connectivity index (χ4n) is 1.62. The Balaban J connectivity index is 2.12. The first-order chi connectivity index (χ1) is 8.99. The topological polar surface area (TPSA) is 12.0 Å². The molecule has 5 heteroatoms. The van der Waals surface area contributed by atoms with Gasteiger partial charge in [-0.3, -0.25) is 0 Å². The van der Waals surface area contributed by atoms with Gasteiger partial charge in [0, 0.05) is 10.0 Å². The van der Waals surface area contributed by atoms with Crippen LogP contribution in [0.2, 0.25) is 0 Å². The fourth-order valence-corrected chi connectivity index (χ4v) is 1.98. The van der Waals surface area contributed by atoms with Gasteiger partial charge in [-0.05, 0) is 18.2 Å². The molecule has 2 aromatic rings. The summed E-state index contributed by atoms with van der Waals surface area (Å²) in [5.74, 6) is -3.62. The zero-order valence-electron chi connectivity index (χ0n) is 9.84. The van der Waals surface area contributed by atoms with E-state index in [1.54, 1.807) is 18.2 Å². The standard InChI is InChI=1S/C14H11BrF3N/c15-11-6-7-12(16)13(8-11)19-9-14(17,18)10-4-2-1-3-5-10/h1-8,19H,9H2. The summed E-state index contributed by atoms with van der Waals surface area (Å²) in [4.78, 5) is 0. The van der Waals surface area contributed by atoms with Crippen LogP contribution in [0.4, 0.5) is 18.9 Å². The number of anilines is 1. The van der Waals surface area contributed by atoms with Crippen molar-refractivity contribution in [1.29, 1.82) is 0 Å². The Morgan fingerprint density at radius 2 is 1.74 bits per heavy atom. The molecule has 0 saturated carbocycles. The monoisotopic (exact) mass is 329 g/mol. The van der Waals surface area contributed by atoms with Crippen molar-refractivity contribution in [3.05, 3.63) is 64.4 Å². The van der Waals surface area contributed by atoms with Crippen molar-refractivity contribution < 1.29 is 13.2 Å². The maximum atomic E-state index is 13.9. The van der Waals surface area contributed by atoms with Crippen LogP contribution in [0, 0.1) is 5.82 Å². The third-order valence-corrected chi connectivity index (χ3v) is 3.12. The number of nitrogens with one attached hydrogen (secondary N) is 1. The molecule has 1 N–H and O–H groups in total. The number of rotatable bonds is 4. The van der Waals surface area contributed by atoms with Crippen molar-refractivity contribution in [3.8, 4) is 0 Å². The van der Waals surface area contributed by atoms with Crippen LogP contribution in [0.3, 0.4) is 0 Å². The van der Waals surface area contributed by atoms with Gasteiger partial charge in [-0.1, -0.05) is 46.3 Å². The average Bonchev–Trinajstić information content (AvgIpc) is 2.41. The fraction of sp³-hybridized carbons (Fsp3) is 0.143. The van der Waals surface area contributed by atoms with Gasteiger partial charge in [0.1, 0.15) is 5.82 Å². The average molecular weight is 330 g/mol. The van der Waals surface area contributed by atoms with Gasteiger partial charge < -0.3 is 5.32 Å². The van der Waals surface area contributed by atoms with E-state index < -0.39 is 18.3 Å². The molecule has 0 heterocycles. The first-order valence-electron chi connectivity index (χ1n) is 5.61. The Morgan fingerprint density at radius 3 is 2.42 bits per heavy atom. The van der Waals surface area contributed by atoms with Gasteiger partial charge >= 0.3 is 0 Å².